The maximum absolute atomic E-state index is 4.84. The van der Waals surface area contributed by atoms with E-state index in [9.17, 15) is 0 Å². The van der Waals surface area contributed by atoms with Gasteiger partial charge in [0, 0.05) is 5.54 Å². The molecule has 4 aromatic rings. The van der Waals surface area contributed by atoms with Crippen molar-refractivity contribution in [3.8, 4) is 0 Å². The van der Waals surface area contributed by atoms with E-state index in [-0.39, 0.29) is 22.5 Å². The van der Waals surface area contributed by atoms with E-state index >= 15 is 0 Å². The number of tetrazole rings is 1. The molecule has 0 aliphatic heterocycles. The number of rotatable bonds is 6. The number of fused-ring (bicyclic) bond motifs is 2. The van der Waals surface area contributed by atoms with Gasteiger partial charge in [0.15, 0.2) is 5.82 Å². The maximum Gasteiger partial charge on any atom is 0.173 e. The van der Waals surface area contributed by atoms with Gasteiger partial charge in [-0.15, -0.1) is 5.10 Å². The van der Waals surface area contributed by atoms with Crippen LogP contribution in [0.1, 0.15) is 97.0 Å². The molecule has 4 aliphatic rings. The number of hydrogen-bond donors (Lipinski definition) is 1. The predicted octanol–water partition coefficient (Wildman–Crippen LogP) is 7.80. The SMILES string of the molecule is CC(C)(C)CC(C)(C)n1nnnc1C(NC12CC3CC(CC(C3)C1)C2)c1c2ccccc2cc2ccccc12. The van der Waals surface area contributed by atoms with Crippen LogP contribution in [-0.2, 0) is 5.54 Å². The monoisotopic (exact) mass is 521 g/mol. The lowest BCUT2D eigenvalue weighted by Crippen LogP contribution is -2.59. The summed E-state index contributed by atoms with van der Waals surface area (Å²) in [5.74, 6) is 3.53. The number of nitrogens with zero attached hydrogens (tertiary/aromatic N) is 4. The van der Waals surface area contributed by atoms with Crippen molar-refractivity contribution in [1.29, 1.82) is 0 Å². The fraction of sp³-hybridized carbons (Fsp3) is 0.559. The van der Waals surface area contributed by atoms with E-state index in [2.05, 4.69) is 110 Å². The van der Waals surface area contributed by atoms with Crippen LogP contribution in [0.3, 0.4) is 0 Å². The van der Waals surface area contributed by atoms with E-state index in [1.165, 1.54) is 65.6 Å². The van der Waals surface area contributed by atoms with Gasteiger partial charge in [-0.2, -0.15) is 0 Å². The van der Waals surface area contributed by atoms with Crippen LogP contribution in [-0.4, -0.2) is 25.7 Å². The van der Waals surface area contributed by atoms with Gasteiger partial charge in [0.2, 0.25) is 0 Å². The molecule has 0 radical (unpaired) electrons. The first-order valence-corrected chi connectivity index (χ1v) is 15.1. The summed E-state index contributed by atoms with van der Waals surface area (Å²) in [6.07, 6.45) is 9.12. The first-order chi connectivity index (χ1) is 18.6. The van der Waals surface area contributed by atoms with Crippen molar-refractivity contribution >= 4 is 21.5 Å². The Kier molecular flexibility index (Phi) is 5.72. The molecule has 8 rings (SSSR count). The molecule has 0 amide bonds. The molecule has 1 unspecified atom stereocenters. The van der Waals surface area contributed by atoms with Crippen molar-refractivity contribution in [2.75, 3.05) is 0 Å². The standard InChI is InChI=1S/C34H43N5/c1-32(2,3)21-33(4,5)39-31(36-37-38-39)30(35-34-18-22-14-23(19-34)16-24(15-22)20-34)29-27-12-8-6-10-25(27)17-26-11-7-9-13-28(26)29/h6-13,17,22-24,30,35H,14-16,18-21H2,1-5H3. The zero-order chi connectivity index (χ0) is 27.0. The number of aromatic nitrogens is 4. The molecule has 4 bridgehead atoms. The Balaban J connectivity index is 1.44. The van der Waals surface area contributed by atoms with Crippen molar-refractivity contribution in [3.05, 3.63) is 66.0 Å². The Morgan fingerprint density at radius 2 is 1.38 bits per heavy atom. The first kappa shape index (κ1) is 25.2. The Hall–Kier alpha value is -2.79. The fourth-order valence-electron chi connectivity index (χ4n) is 9.40. The minimum absolute atomic E-state index is 0.0912. The highest BCUT2D eigenvalue weighted by molar-refractivity contribution is 6.03. The zero-order valence-electron chi connectivity index (χ0n) is 24.2. The van der Waals surface area contributed by atoms with Crippen molar-refractivity contribution < 1.29 is 0 Å². The molecule has 4 saturated carbocycles. The molecule has 5 nitrogen and oxygen atoms in total. The smallest absolute Gasteiger partial charge is 0.173 e. The fourth-order valence-corrected chi connectivity index (χ4v) is 9.40. The van der Waals surface area contributed by atoms with Gasteiger partial charge in [0.25, 0.3) is 0 Å². The molecule has 5 heteroatoms. The first-order valence-electron chi connectivity index (χ1n) is 15.1. The van der Waals surface area contributed by atoms with Crippen LogP contribution in [0.25, 0.3) is 21.5 Å². The van der Waals surface area contributed by atoms with Crippen molar-refractivity contribution in [1.82, 2.24) is 25.5 Å². The molecule has 4 fully saturated rings. The summed E-state index contributed by atoms with van der Waals surface area (Å²) in [4.78, 5) is 0. The highest BCUT2D eigenvalue weighted by atomic mass is 15.6. The number of nitrogens with one attached hydrogen (secondary N) is 1. The molecule has 1 heterocycles. The third kappa shape index (κ3) is 4.47. The second kappa shape index (κ2) is 8.86. The minimum atomic E-state index is -0.223. The van der Waals surface area contributed by atoms with Crippen LogP contribution in [0.5, 0.6) is 0 Å². The van der Waals surface area contributed by atoms with Gasteiger partial charge in [-0.25, -0.2) is 4.68 Å². The van der Waals surface area contributed by atoms with Gasteiger partial charge < -0.3 is 0 Å². The molecule has 1 aromatic heterocycles. The van der Waals surface area contributed by atoms with Gasteiger partial charge in [0.05, 0.1) is 11.6 Å². The molecule has 4 aliphatic carbocycles. The summed E-state index contributed by atoms with van der Waals surface area (Å²) < 4.78 is 2.15. The summed E-state index contributed by atoms with van der Waals surface area (Å²) in [6, 6.07) is 20.0. The predicted molar refractivity (Wildman–Crippen MR) is 159 cm³/mol. The van der Waals surface area contributed by atoms with E-state index in [4.69, 9.17) is 5.10 Å². The Labute approximate surface area is 232 Å². The second-order valence-corrected chi connectivity index (χ2v) is 15.0. The van der Waals surface area contributed by atoms with E-state index in [0.717, 1.165) is 30.0 Å². The van der Waals surface area contributed by atoms with Gasteiger partial charge >= 0.3 is 0 Å². The largest absolute Gasteiger partial charge is 0.298 e. The zero-order valence-corrected chi connectivity index (χ0v) is 24.2. The Morgan fingerprint density at radius 3 is 1.92 bits per heavy atom. The van der Waals surface area contributed by atoms with Gasteiger partial charge in [-0.3, -0.25) is 5.32 Å². The lowest BCUT2D eigenvalue weighted by Gasteiger charge is -2.58. The van der Waals surface area contributed by atoms with E-state index in [1.807, 2.05) is 0 Å². The van der Waals surface area contributed by atoms with Crippen molar-refractivity contribution in [2.45, 2.75) is 96.7 Å². The highest BCUT2D eigenvalue weighted by Gasteiger charge is 2.52. The summed E-state index contributed by atoms with van der Waals surface area (Å²) in [5.41, 5.74) is 1.41. The minimum Gasteiger partial charge on any atom is -0.298 e. The summed E-state index contributed by atoms with van der Waals surface area (Å²) >= 11 is 0. The summed E-state index contributed by atoms with van der Waals surface area (Å²) in [6.45, 7) is 11.5. The van der Waals surface area contributed by atoms with E-state index in [0.29, 0.717) is 0 Å². The lowest BCUT2D eigenvalue weighted by molar-refractivity contribution is -0.0241. The molecule has 39 heavy (non-hydrogen) atoms. The van der Waals surface area contributed by atoms with E-state index in [1.54, 1.807) is 0 Å². The van der Waals surface area contributed by atoms with Crippen LogP contribution >= 0.6 is 0 Å². The quantitative estimate of drug-likeness (QED) is 0.263. The van der Waals surface area contributed by atoms with Crippen LogP contribution < -0.4 is 5.32 Å². The summed E-state index contributed by atoms with van der Waals surface area (Å²) in [7, 11) is 0. The van der Waals surface area contributed by atoms with Crippen LogP contribution in [0.2, 0.25) is 0 Å². The second-order valence-electron chi connectivity index (χ2n) is 15.0. The van der Waals surface area contributed by atoms with Crippen molar-refractivity contribution in [2.24, 2.45) is 23.2 Å². The lowest BCUT2D eigenvalue weighted by atomic mass is 9.53. The van der Waals surface area contributed by atoms with Crippen LogP contribution in [0.4, 0.5) is 0 Å². The molecular formula is C34H43N5. The molecule has 204 valence electrons. The van der Waals surface area contributed by atoms with Crippen LogP contribution in [0, 0.1) is 23.2 Å². The number of benzene rings is 3. The molecule has 0 spiro atoms. The van der Waals surface area contributed by atoms with E-state index < -0.39 is 0 Å². The topological polar surface area (TPSA) is 55.6 Å². The van der Waals surface area contributed by atoms with Gasteiger partial charge in [-0.1, -0.05) is 69.3 Å². The maximum atomic E-state index is 4.84. The average Bonchev–Trinajstić information content (AvgIpc) is 3.35. The van der Waals surface area contributed by atoms with Gasteiger partial charge in [-0.05, 0) is 126 Å². The number of hydrogen-bond acceptors (Lipinski definition) is 4. The molecule has 1 atom stereocenters. The molecule has 1 N–H and O–H groups in total. The van der Waals surface area contributed by atoms with Gasteiger partial charge in [0.1, 0.15) is 0 Å². The third-order valence-corrected chi connectivity index (χ3v) is 9.88. The average molecular weight is 522 g/mol. The molecule has 3 aromatic carbocycles. The third-order valence-electron chi connectivity index (χ3n) is 9.88. The molecule has 0 saturated heterocycles. The van der Waals surface area contributed by atoms with Crippen LogP contribution in [0.15, 0.2) is 54.6 Å². The normalized spacial score (nSPS) is 27.5. The Morgan fingerprint density at radius 1 is 0.846 bits per heavy atom. The van der Waals surface area contributed by atoms with Crippen molar-refractivity contribution in [3.63, 3.8) is 0 Å². The Bertz CT molecular complexity index is 1430. The molecular weight excluding hydrogens is 478 g/mol. The highest BCUT2D eigenvalue weighted by Crippen LogP contribution is 2.56. The summed E-state index contributed by atoms with van der Waals surface area (Å²) in [5, 5.41) is 23.4.